The minimum Gasteiger partial charge on any atom is -0.478 e. The molecule has 0 aliphatic carbocycles. The number of hydrogen-bond donors (Lipinski definition) is 2. The van der Waals surface area contributed by atoms with E-state index in [2.05, 4.69) is 45.0 Å². The zero-order valence-corrected chi connectivity index (χ0v) is 14.7. The van der Waals surface area contributed by atoms with Crippen molar-refractivity contribution in [1.82, 2.24) is 15.6 Å². The molecule has 124 valence electrons. The van der Waals surface area contributed by atoms with E-state index in [9.17, 15) is 0 Å². The summed E-state index contributed by atoms with van der Waals surface area (Å²) in [6, 6.07) is 8.17. The predicted octanol–water partition coefficient (Wildman–Crippen LogP) is 3.01. The molecule has 2 aromatic rings. The van der Waals surface area contributed by atoms with Gasteiger partial charge in [-0.15, -0.1) is 11.3 Å². The normalized spacial score (nSPS) is 12.7. The van der Waals surface area contributed by atoms with Crippen molar-refractivity contribution in [2.75, 3.05) is 20.2 Å². The molecule has 0 fully saturated rings. The molecule has 5 nitrogen and oxygen atoms in total. The molecule has 0 spiro atoms. The first-order chi connectivity index (χ1) is 11.2. The monoisotopic (exact) mass is 332 g/mol. The summed E-state index contributed by atoms with van der Waals surface area (Å²) < 4.78 is 5.54. The van der Waals surface area contributed by atoms with Crippen molar-refractivity contribution in [1.29, 1.82) is 0 Å². The molecule has 23 heavy (non-hydrogen) atoms. The number of rotatable bonds is 7. The lowest BCUT2D eigenvalue weighted by Gasteiger charge is -2.16. The van der Waals surface area contributed by atoms with Crippen molar-refractivity contribution in [3.05, 3.63) is 46.3 Å². The second kappa shape index (κ2) is 9.15. The van der Waals surface area contributed by atoms with Crippen LogP contribution in [-0.2, 0) is 6.54 Å². The van der Waals surface area contributed by atoms with Gasteiger partial charge in [0.05, 0.1) is 6.61 Å². The molecule has 0 saturated heterocycles. The smallest absolute Gasteiger partial charge is 0.218 e. The first-order valence-electron chi connectivity index (χ1n) is 7.79. The Balaban J connectivity index is 1.86. The standard InChI is InChI=1S/C17H24N4OS/c1-4-22-16-14(7-5-9-19-16)12-21-17(18-3)20-11-13(2)15-8-6-10-23-15/h5-10,13H,4,11-12H2,1-3H3,(H2,18,20,21). The Kier molecular flexibility index (Phi) is 6.87. The highest BCUT2D eigenvalue weighted by atomic mass is 32.1. The van der Waals surface area contributed by atoms with Gasteiger partial charge >= 0.3 is 0 Å². The Bertz CT molecular complexity index is 613. The first kappa shape index (κ1) is 17.3. The van der Waals surface area contributed by atoms with Gasteiger partial charge in [0, 0.05) is 42.7 Å². The van der Waals surface area contributed by atoms with E-state index in [-0.39, 0.29) is 0 Å². The fourth-order valence-corrected chi connectivity index (χ4v) is 2.93. The summed E-state index contributed by atoms with van der Waals surface area (Å²) >= 11 is 1.78. The summed E-state index contributed by atoms with van der Waals surface area (Å²) in [5, 5.41) is 8.78. The molecule has 0 saturated carbocycles. The molecule has 0 radical (unpaired) electrons. The Morgan fingerprint density at radius 1 is 1.35 bits per heavy atom. The average Bonchev–Trinajstić information content (AvgIpc) is 3.11. The van der Waals surface area contributed by atoms with Crippen molar-refractivity contribution < 1.29 is 4.74 Å². The Morgan fingerprint density at radius 2 is 2.22 bits per heavy atom. The van der Waals surface area contributed by atoms with Crippen LogP contribution in [0.3, 0.4) is 0 Å². The van der Waals surface area contributed by atoms with E-state index in [1.807, 2.05) is 19.1 Å². The number of hydrogen-bond acceptors (Lipinski definition) is 4. The zero-order valence-electron chi connectivity index (χ0n) is 13.9. The van der Waals surface area contributed by atoms with Gasteiger partial charge in [0.25, 0.3) is 0 Å². The molecular formula is C17H24N4OS. The van der Waals surface area contributed by atoms with E-state index in [0.717, 1.165) is 18.1 Å². The largest absolute Gasteiger partial charge is 0.478 e. The van der Waals surface area contributed by atoms with Gasteiger partial charge in [0.15, 0.2) is 5.96 Å². The van der Waals surface area contributed by atoms with Gasteiger partial charge in [-0.1, -0.05) is 19.1 Å². The third-order valence-electron chi connectivity index (χ3n) is 3.41. The molecule has 0 amide bonds. The van der Waals surface area contributed by atoms with Crippen LogP contribution in [0.1, 0.15) is 30.2 Å². The summed E-state index contributed by atoms with van der Waals surface area (Å²) in [7, 11) is 1.78. The van der Waals surface area contributed by atoms with Gasteiger partial charge in [-0.3, -0.25) is 4.99 Å². The van der Waals surface area contributed by atoms with Crippen LogP contribution in [-0.4, -0.2) is 31.1 Å². The molecule has 0 aliphatic rings. The van der Waals surface area contributed by atoms with Gasteiger partial charge in [-0.2, -0.15) is 0 Å². The van der Waals surface area contributed by atoms with Gasteiger partial charge in [-0.05, 0) is 24.4 Å². The molecule has 6 heteroatoms. The number of thiophene rings is 1. The molecular weight excluding hydrogens is 308 g/mol. The van der Waals surface area contributed by atoms with Crippen LogP contribution in [0.4, 0.5) is 0 Å². The molecule has 2 aromatic heterocycles. The van der Waals surface area contributed by atoms with E-state index >= 15 is 0 Å². The number of guanidine groups is 1. The van der Waals surface area contributed by atoms with Gasteiger partial charge in [-0.25, -0.2) is 4.98 Å². The fourth-order valence-electron chi connectivity index (χ4n) is 2.15. The Morgan fingerprint density at radius 3 is 2.91 bits per heavy atom. The van der Waals surface area contributed by atoms with E-state index < -0.39 is 0 Å². The molecule has 2 heterocycles. The Labute approximate surface area is 141 Å². The third kappa shape index (κ3) is 5.25. The summed E-state index contributed by atoms with van der Waals surface area (Å²) in [5.41, 5.74) is 1.02. The SMILES string of the molecule is CCOc1ncccc1CNC(=NC)NCC(C)c1cccs1. The van der Waals surface area contributed by atoms with Crippen LogP contribution in [0, 0.1) is 0 Å². The number of nitrogens with one attached hydrogen (secondary N) is 2. The fraction of sp³-hybridized carbons (Fsp3) is 0.412. The molecule has 1 atom stereocenters. The molecule has 2 rings (SSSR count). The minimum absolute atomic E-state index is 0.450. The molecule has 0 bridgehead atoms. The average molecular weight is 332 g/mol. The van der Waals surface area contributed by atoms with Crippen LogP contribution in [0.2, 0.25) is 0 Å². The highest BCUT2D eigenvalue weighted by Crippen LogP contribution is 2.19. The van der Waals surface area contributed by atoms with Crippen LogP contribution in [0.25, 0.3) is 0 Å². The lowest BCUT2D eigenvalue weighted by atomic mass is 10.1. The maximum atomic E-state index is 5.54. The lowest BCUT2D eigenvalue weighted by molar-refractivity contribution is 0.322. The highest BCUT2D eigenvalue weighted by Gasteiger charge is 2.09. The van der Waals surface area contributed by atoms with Gasteiger partial charge in [0.1, 0.15) is 0 Å². The Hall–Kier alpha value is -2.08. The summed E-state index contributed by atoms with van der Waals surface area (Å²) in [6.45, 7) is 6.23. The third-order valence-corrected chi connectivity index (χ3v) is 4.51. The number of aromatic nitrogens is 1. The minimum atomic E-state index is 0.450. The summed E-state index contributed by atoms with van der Waals surface area (Å²) in [5.74, 6) is 1.90. The van der Waals surface area contributed by atoms with E-state index in [4.69, 9.17) is 4.74 Å². The predicted molar refractivity (Wildman–Crippen MR) is 96.3 cm³/mol. The molecule has 0 aromatic carbocycles. The van der Waals surface area contributed by atoms with Crippen molar-refractivity contribution in [2.45, 2.75) is 26.3 Å². The van der Waals surface area contributed by atoms with Crippen LogP contribution in [0.15, 0.2) is 40.8 Å². The second-order valence-electron chi connectivity index (χ2n) is 5.12. The van der Waals surface area contributed by atoms with Crippen LogP contribution in [0.5, 0.6) is 5.88 Å². The molecule has 1 unspecified atom stereocenters. The molecule has 0 aliphatic heterocycles. The van der Waals surface area contributed by atoms with E-state index in [1.165, 1.54) is 4.88 Å². The highest BCUT2D eigenvalue weighted by molar-refractivity contribution is 7.10. The van der Waals surface area contributed by atoms with Crippen LogP contribution < -0.4 is 15.4 Å². The second-order valence-corrected chi connectivity index (χ2v) is 6.10. The van der Waals surface area contributed by atoms with Gasteiger partial charge < -0.3 is 15.4 Å². The quantitative estimate of drug-likeness (QED) is 0.604. The summed E-state index contributed by atoms with van der Waals surface area (Å²) in [6.07, 6.45) is 1.74. The maximum Gasteiger partial charge on any atom is 0.218 e. The lowest BCUT2D eigenvalue weighted by Crippen LogP contribution is -2.38. The van der Waals surface area contributed by atoms with Crippen molar-refractivity contribution in [3.63, 3.8) is 0 Å². The molecule has 2 N–H and O–H groups in total. The van der Waals surface area contributed by atoms with Crippen molar-refractivity contribution >= 4 is 17.3 Å². The first-order valence-corrected chi connectivity index (χ1v) is 8.67. The maximum absolute atomic E-state index is 5.54. The summed E-state index contributed by atoms with van der Waals surface area (Å²) in [4.78, 5) is 9.90. The van der Waals surface area contributed by atoms with E-state index in [0.29, 0.717) is 24.9 Å². The van der Waals surface area contributed by atoms with E-state index in [1.54, 1.807) is 24.6 Å². The number of nitrogens with zero attached hydrogens (tertiary/aromatic N) is 2. The van der Waals surface area contributed by atoms with Crippen molar-refractivity contribution in [3.8, 4) is 5.88 Å². The number of aliphatic imine (C=N–C) groups is 1. The number of ether oxygens (including phenoxy) is 1. The zero-order chi connectivity index (χ0) is 16.5. The topological polar surface area (TPSA) is 58.5 Å². The van der Waals surface area contributed by atoms with Gasteiger partial charge in [0.2, 0.25) is 5.88 Å². The number of pyridine rings is 1. The van der Waals surface area contributed by atoms with Crippen molar-refractivity contribution in [2.24, 2.45) is 4.99 Å². The van der Waals surface area contributed by atoms with Crippen LogP contribution >= 0.6 is 11.3 Å².